The van der Waals surface area contributed by atoms with Crippen molar-refractivity contribution in [2.24, 2.45) is 7.05 Å². The molecule has 3 aromatic rings. The van der Waals surface area contributed by atoms with E-state index in [0.717, 1.165) is 29.4 Å². The van der Waals surface area contributed by atoms with Crippen LogP contribution in [0.1, 0.15) is 15.9 Å². The molecular weight excluding hydrogens is 286 g/mol. The van der Waals surface area contributed by atoms with E-state index in [1.54, 1.807) is 12.4 Å². The van der Waals surface area contributed by atoms with Crippen LogP contribution in [0.15, 0.2) is 55.0 Å². The molecule has 23 heavy (non-hydrogen) atoms. The summed E-state index contributed by atoms with van der Waals surface area (Å²) in [6.07, 6.45) is 6.46. The minimum absolute atomic E-state index is 0.166. The molecule has 4 nitrogen and oxygen atoms in total. The van der Waals surface area contributed by atoms with Gasteiger partial charge in [0.25, 0.3) is 0 Å². The monoisotopic (exact) mass is 307 g/mol. The number of para-hydroxylation sites is 1. The number of benzene rings is 1. The third kappa shape index (κ3) is 3.48. The van der Waals surface area contributed by atoms with Crippen LogP contribution >= 0.6 is 0 Å². The first-order valence-electron chi connectivity index (χ1n) is 7.80. The lowest BCUT2D eigenvalue weighted by Crippen LogP contribution is -2.28. The normalized spacial score (nSPS) is 11.3. The molecular formula is C19H21N3O. The van der Waals surface area contributed by atoms with Crippen molar-refractivity contribution in [1.82, 2.24) is 14.5 Å². The lowest BCUT2D eigenvalue weighted by atomic mass is 10.1. The fourth-order valence-electron chi connectivity index (χ4n) is 2.84. The highest BCUT2D eigenvalue weighted by Gasteiger charge is 2.15. The van der Waals surface area contributed by atoms with Gasteiger partial charge in [-0.05, 0) is 37.2 Å². The van der Waals surface area contributed by atoms with Crippen molar-refractivity contribution < 1.29 is 4.79 Å². The Labute approximate surface area is 136 Å². The maximum atomic E-state index is 12.6. The zero-order chi connectivity index (χ0) is 16.2. The third-order valence-corrected chi connectivity index (χ3v) is 4.14. The van der Waals surface area contributed by atoms with E-state index in [2.05, 4.69) is 9.88 Å². The molecule has 0 saturated heterocycles. The average Bonchev–Trinajstić information content (AvgIpc) is 2.91. The second-order valence-corrected chi connectivity index (χ2v) is 5.94. The second-order valence-electron chi connectivity index (χ2n) is 5.94. The number of hydrogen-bond donors (Lipinski definition) is 0. The fraction of sp³-hybridized carbons (Fsp3) is 0.263. The molecule has 0 saturated carbocycles. The number of hydrogen-bond acceptors (Lipinski definition) is 3. The van der Waals surface area contributed by atoms with Gasteiger partial charge >= 0.3 is 0 Å². The number of aromatic nitrogens is 2. The number of likely N-dealkylation sites (N-methyl/N-ethyl adjacent to an activating group) is 1. The molecule has 118 valence electrons. The molecule has 3 rings (SSSR count). The van der Waals surface area contributed by atoms with Crippen molar-refractivity contribution in [2.45, 2.75) is 6.42 Å². The van der Waals surface area contributed by atoms with E-state index in [4.69, 9.17) is 0 Å². The van der Waals surface area contributed by atoms with Crippen molar-refractivity contribution in [3.05, 3.63) is 66.1 Å². The minimum atomic E-state index is 0.166. The Morgan fingerprint density at radius 1 is 1.17 bits per heavy atom. The van der Waals surface area contributed by atoms with Crippen LogP contribution in [0.2, 0.25) is 0 Å². The smallest absolute Gasteiger partial charge is 0.178 e. The van der Waals surface area contributed by atoms with Crippen molar-refractivity contribution in [3.63, 3.8) is 0 Å². The van der Waals surface area contributed by atoms with E-state index >= 15 is 0 Å². The molecule has 0 unspecified atom stereocenters. The summed E-state index contributed by atoms with van der Waals surface area (Å²) >= 11 is 0. The molecule has 1 aromatic carbocycles. The van der Waals surface area contributed by atoms with Gasteiger partial charge in [-0.25, -0.2) is 0 Å². The Morgan fingerprint density at radius 3 is 2.70 bits per heavy atom. The van der Waals surface area contributed by atoms with E-state index in [9.17, 15) is 4.79 Å². The molecule has 2 aromatic heterocycles. The van der Waals surface area contributed by atoms with Crippen molar-refractivity contribution in [2.75, 3.05) is 20.1 Å². The largest absolute Gasteiger partial charge is 0.350 e. The summed E-state index contributed by atoms with van der Waals surface area (Å²) in [6.45, 7) is 1.28. The summed E-state index contributed by atoms with van der Waals surface area (Å²) in [6, 6.07) is 12.1. The molecule has 0 N–H and O–H groups in total. The highest BCUT2D eigenvalue weighted by molar-refractivity contribution is 6.09. The number of fused-ring (bicyclic) bond motifs is 1. The van der Waals surface area contributed by atoms with Crippen LogP contribution in [-0.2, 0) is 13.5 Å². The van der Waals surface area contributed by atoms with Crippen molar-refractivity contribution >= 4 is 16.7 Å². The Bertz CT molecular complexity index is 808. The Morgan fingerprint density at radius 2 is 1.91 bits per heavy atom. The first-order chi connectivity index (χ1) is 11.1. The number of ketones is 1. The van der Waals surface area contributed by atoms with Crippen LogP contribution in [0.25, 0.3) is 10.9 Å². The lowest BCUT2D eigenvalue weighted by molar-refractivity contribution is 0.0948. The van der Waals surface area contributed by atoms with Gasteiger partial charge in [0, 0.05) is 48.6 Å². The maximum absolute atomic E-state index is 12.6. The van der Waals surface area contributed by atoms with Gasteiger partial charge < -0.3 is 4.57 Å². The molecule has 0 aliphatic carbocycles. The van der Waals surface area contributed by atoms with Gasteiger partial charge in [0.1, 0.15) is 0 Å². The molecule has 0 amide bonds. The second kappa shape index (κ2) is 6.75. The Hall–Kier alpha value is -2.46. The average molecular weight is 307 g/mol. The fourth-order valence-corrected chi connectivity index (χ4v) is 2.84. The van der Waals surface area contributed by atoms with E-state index in [-0.39, 0.29) is 5.78 Å². The van der Waals surface area contributed by atoms with Gasteiger partial charge in [0.15, 0.2) is 5.78 Å². The minimum Gasteiger partial charge on any atom is -0.350 e. The summed E-state index contributed by atoms with van der Waals surface area (Å²) in [5, 5.41) is 1.03. The molecule has 0 spiro atoms. The van der Waals surface area contributed by atoms with E-state index in [1.165, 1.54) is 5.56 Å². The zero-order valence-corrected chi connectivity index (χ0v) is 13.6. The van der Waals surface area contributed by atoms with Crippen LogP contribution in [-0.4, -0.2) is 40.4 Å². The van der Waals surface area contributed by atoms with Gasteiger partial charge in [-0.15, -0.1) is 0 Å². The Balaban J connectivity index is 1.66. The number of Topliss-reactive ketones (excluding diaryl/α,β-unsaturated/α-hetero) is 1. The number of pyridine rings is 1. The third-order valence-electron chi connectivity index (χ3n) is 4.14. The van der Waals surface area contributed by atoms with Crippen LogP contribution < -0.4 is 0 Å². The highest BCUT2D eigenvalue weighted by atomic mass is 16.1. The molecule has 0 radical (unpaired) electrons. The SMILES string of the molecule is CN(CCc1ccncc1)CC(=O)c1cn(C)c2ccccc12. The predicted octanol–water partition coefficient (Wildman–Crippen LogP) is 2.93. The molecule has 0 atom stereocenters. The zero-order valence-electron chi connectivity index (χ0n) is 13.6. The van der Waals surface area contributed by atoms with Crippen LogP contribution in [0.4, 0.5) is 0 Å². The van der Waals surface area contributed by atoms with Gasteiger partial charge in [-0.1, -0.05) is 18.2 Å². The first-order valence-corrected chi connectivity index (χ1v) is 7.80. The highest BCUT2D eigenvalue weighted by Crippen LogP contribution is 2.20. The van der Waals surface area contributed by atoms with E-state index < -0.39 is 0 Å². The number of carbonyl (C=O) groups excluding carboxylic acids is 1. The molecule has 0 aliphatic rings. The number of aryl methyl sites for hydroxylation is 1. The van der Waals surface area contributed by atoms with Crippen LogP contribution in [0, 0.1) is 0 Å². The number of rotatable bonds is 6. The summed E-state index contributed by atoms with van der Waals surface area (Å²) in [5.41, 5.74) is 3.14. The summed E-state index contributed by atoms with van der Waals surface area (Å²) in [5.74, 6) is 0.166. The van der Waals surface area contributed by atoms with Gasteiger partial charge in [0.2, 0.25) is 0 Å². The topological polar surface area (TPSA) is 38.1 Å². The molecule has 0 aliphatic heterocycles. The maximum Gasteiger partial charge on any atom is 0.178 e. The van der Waals surface area contributed by atoms with Gasteiger partial charge in [-0.3, -0.25) is 14.7 Å². The molecule has 0 fully saturated rings. The summed E-state index contributed by atoms with van der Waals surface area (Å²) < 4.78 is 2.01. The van der Waals surface area contributed by atoms with E-state index in [0.29, 0.717) is 6.54 Å². The predicted molar refractivity (Wildman–Crippen MR) is 92.7 cm³/mol. The van der Waals surface area contributed by atoms with E-state index in [1.807, 2.05) is 61.3 Å². The first kappa shape index (κ1) is 15.4. The van der Waals surface area contributed by atoms with Crippen molar-refractivity contribution in [3.8, 4) is 0 Å². The van der Waals surface area contributed by atoms with Crippen molar-refractivity contribution in [1.29, 1.82) is 0 Å². The molecule has 4 heteroatoms. The standard InChI is InChI=1S/C19H21N3O/c1-21(12-9-15-7-10-20-11-8-15)14-19(23)17-13-22(2)18-6-4-3-5-16(17)18/h3-8,10-11,13H,9,12,14H2,1-2H3. The molecule has 0 bridgehead atoms. The van der Waals surface area contributed by atoms with Gasteiger partial charge in [0.05, 0.1) is 6.54 Å². The van der Waals surface area contributed by atoms with Crippen LogP contribution in [0.3, 0.4) is 0 Å². The number of nitrogens with zero attached hydrogens (tertiary/aromatic N) is 3. The Kier molecular flexibility index (Phi) is 4.53. The molecule has 2 heterocycles. The number of carbonyl (C=O) groups is 1. The van der Waals surface area contributed by atoms with Gasteiger partial charge in [-0.2, -0.15) is 0 Å². The lowest BCUT2D eigenvalue weighted by Gasteiger charge is -2.15. The summed E-state index contributed by atoms with van der Waals surface area (Å²) in [7, 11) is 3.97. The summed E-state index contributed by atoms with van der Waals surface area (Å²) in [4.78, 5) is 18.7. The quantitative estimate of drug-likeness (QED) is 0.657. The van der Waals surface area contributed by atoms with Crippen LogP contribution in [0.5, 0.6) is 0 Å².